The van der Waals surface area contributed by atoms with Crippen LogP contribution in [0.25, 0.3) is 0 Å². The monoisotopic (exact) mass is 191 g/mol. The smallest absolute Gasteiger partial charge is 0.269 e. The lowest BCUT2D eigenvalue weighted by Crippen LogP contribution is -1.94. The molecule has 1 rings (SSSR count). The molecule has 0 amide bonds. The molecule has 14 heavy (non-hydrogen) atoms. The zero-order chi connectivity index (χ0) is 10.4. The van der Waals surface area contributed by atoms with E-state index < -0.39 is 4.92 Å². The average molecular weight is 191 g/mol. The maximum Gasteiger partial charge on any atom is 0.269 e. The Morgan fingerprint density at radius 3 is 3.00 bits per heavy atom. The highest BCUT2D eigenvalue weighted by Crippen LogP contribution is 2.13. The summed E-state index contributed by atoms with van der Waals surface area (Å²) in [4.78, 5) is 9.98. The summed E-state index contributed by atoms with van der Waals surface area (Å²) in [6.07, 6.45) is 4.99. The van der Waals surface area contributed by atoms with Crippen molar-refractivity contribution in [1.82, 2.24) is 0 Å². The van der Waals surface area contributed by atoms with Gasteiger partial charge in [0.1, 0.15) is 6.61 Å². The Labute approximate surface area is 81.7 Å². The number of rotatable bonds is 4. The lowest BCUT2D eigenvalue weighted by Gasteiger charge is -2.00. The van der Waals surface area contributed by atoms with Crippen molar-refractivity contribution in [2.45, 2.75) is 6.61 Å². The molecule has 0 saturated heterocycles. The van der Waals surface area contributed by atoms with Crippen LogP contribution in [0.4, 0.5) is 5.69 Å². The van der Waals surface area contributed by atoms with Crippen LogP contribution in [0.2, 0.25) is 0 Å². The summed E-state index contributed by atoms with van der Waals surface area (Å²) >= 11 is 0. The molecule has 0 atom stereocenters. The fraction of sp³-hybridized carbons (Fsp3) is 0.200. The number of nitro benzene ring substituents is 1. The summed E-state index contributed by atoms with van der Waals surface area (Å²) in [6.45, 7) is 0.509. The van der Waals surface area contributed by atoms with Crippen molar-refractivity contribution >= 4 is 5.69 Å². The lowest BCUT2D eigenvalue weighted by molar-refractivity contribution is -0.384. The quantitative estimate of drug-likeness (QED) is 0.315. The van der Waals surface area contributed by atoms with Gasteiger partial charge in [0.25, 0.3) is 5.69 Å². The first-order valence-corrected chi connectivity index (χ1v) is 3.98. The van der Waals surface area contributed by atoms with Gasteiger partial charge in [0.2, 0.25) is 0 Å². The molecule has 0 heterocycles. The van der Waals surface area contributed by atoms with Gasteiger partial charge in [-0.05, 0) is 5.56 Å². The molecule has 0 fully saturated rings. The molecule has 0 spiro atoms. The van der Waals surface area contributed by atoms with Gasteiger partial charge in [-0.15, -0.1) is 6.42 Å². The number of ether oxygens (including phenoxy) is 1. The zero-order valence-electron chi connectivity index (χ0n) is 7.47. The largest absolute Gasteiger partial charge is 0.364 e. The van der Waals surface area contributed by atoms with Crippen molar-refractivity contribution in [2.24, 2.45) is 0 Å². The highest BCUT2D eigenvalue weighted by atomic mass is 16.6. The normalized spacial score (nSPS) is 9.36. The first-order valence-electron chi connectivity index (χ1n) is 3.98. The van der Waals surface area contributed by atoms with Gasteiger partial charge >= 0.3 is 0 Å². The first-order chi connectivity index (χ1) is 6.74. The molecule has 0 aliphatic rings. The van der Waals surface area contributed by atoms with Crippen molar-refractivity contribution in [1.29, 1.82) is 0 Å². The van der Waals surface area contributed by atoms with Gasteiger partial charge in [0.15, 0.2) is 0 Å². The van der Waals surface area contributed by atoms with Gasteiger partial charge in [0, 0.05) is 12.1 Å². The van der Waals surface area contributed by atoms with E-state index in [4.69, 9.17) is 11.2 Å². The Bertz CT molecular complexity index is 368. The van der Waals surface area contributed by atoms with Gasteiger partial charge in [-0.3, -0.25) is 10.1 Å². The fourth-order valence-electron chi connectivity index (χ4n) is 0.988. The highest BCUT2D eigenvalue weighted by Gasteiger charge is 2.04. The Hall–Kier alpha value is -1.86. The molecule has 0 aromatic heterocycles. The molecule has 1 aromatic carbocycles. The predicted octanol–water partition coefficient (Wildman–Crippen LogP) is 1.74. The maximum absolute atomic E-state index is 10.4. The second-order valence-corrected chi connectivity index (χ2v) is 2.62. The highest BCUT2D eigenvalue weighted by molar-refractivity contribution is 5.33. The summed E-state index contributed by atoms with van der Waals surface area (Å²) < 4.78 is 5.04. The van der Waals surface area contributed by atoms with Crippen molar-refractivity contribution < 1.29 is 9.66 Å². The van der Waals surface area contributed by atoms with Crippen LogP contribution in [-0.2, 0) is 11.3 Å². The molecule has 0 unspecified atom stereocenters. The van der Waals surface area contributed by atoms with Crippen LogP contribution in [-0.4, -0.2) is 11.5 Å². The Morgan fingerprint density at radius 1 is 1.57 bits per heavy atom. The summed E-state index contributed by atoms with van der Waals surface area (Å²) in [5.41, 5.74) is 0.807. The lowest BCUT2D eigenvalue weighted by atomic mass is 10.2. The van der Waals surface area contributed by atoms with Gasteiger partial charge in [-0.25, -0.2) is 0 Å². The summed E-state index contributed by atoms with van der Waals surface area (Å²) in [6, 6.07) is 6.28. The molecule has 72 valence electrons. The third kappa shape index (κ3) is 2.88. The third-order valence-electron chi connectivity index (χ3n) is 1.58. The molecule has 0 radical (unpaired) electrons. The number of nitro groups is 1. The Morgan fingerprint density at radius 2 is 2.36 bits per heavy atom. The van der Waals surface area contributed by atoms with Gasteiger partial charge in [-0.1, -0.05) is 18.1 Å². The number of hydrogen-bond acceptors (Lipinski definition) is 3. The summed E-state index contributed by atoms with van der Waals surface area (Å²) in [7, 11) is 0. The van der Waals surface area contributed by atoms with Crippen molar-refractivity contribution in [3.8, 4) is 12.3 Å². The van der Waals surface area contributed by atoms with Crippen LogP contribution < -0.4 is 0 Å². The Kier molecular flexibility index (Phi) is 3.65. The van der Waals surface area contributed by atoms with E-state index in [9.17, 15) is 10.1 Å². The minimum absolute atomic E-state index is 0.0619. The number of hydrogen-bond donors (Lipinski definition) is 0. The molecular weight excluding hydrogens is 182 g/mol. The molecule has 0 bridgehead atoms. The number of terminal acetylenes is 1. The van der Waals surface area contributed by atoms with Crippen molar-refractivity contribution in [3.05, 3.63) is 39.9 Å². The third-order valence-corrected chi connectivity index (χ3v) is 1.58. The standard InChI is InChI=1S/C10H9NO3/c1-2-6-14-8-9-4-3-5-10(7-9)11(12)13/h1,3-5,7H,6,8H2. The zero-order valence-corrected chi connectivity index (χ0v) is 7.47. The average Bonchev–Trinajstić information content (AvgIpc) is 2.19. The van der Waals surface area contributed by atoms with Crippen LogP contribution in [0.15, 0.2) is 24.3 Å². The topological polar surface area (TPSA) is 52.4 Å². The molecule has 0 saturated carbocycles. The van der Waals surface area contributed by atoms with E-state index in [-0.39, 0.29) is 12.3 Å². The van der Waals surface area contributed by atoms with Crippen LogP contribution in [0.3, 0.4) is 0 Å². The molecule has 0 aliphatic carbocycles. The molecule has 0 N–H and O–H groups in total. The van der Waals surface area contributed by atoms with Crippen LogP contribution in [0.1, 0.15) is 5.56 Å². The van der Waals surface area contributed by atoms with E-state index in [0.29, 0.717) is 6.61 Å². The fourth-order valence-corrected chi connectivity index (χ4v) is 0.988. The number of non-ortho nitro benzene ring substituents is 1. The molecular formula is C10H9NO3. The molecule has 4 heteroatoms. The van der Waals surface area contributed by atoms with E-state index >= 15 is 0 Å². The number of benzene rings is 1. The maximum atomic E-state index is 10.4. The predicted molar refractivity (Wildman–Crippen MR) is 51.6 cm³/mol. The van der Waals surface area contributed by atoms with E-state index in [0.717, 1.165) is 5.56 Å². The van der Waals surface area contributed by atoms with Gasteiger partial charge in [0.05, 0.1) is 11.5 Å². The second kappa shape index (κ2) is 5.00. The minimum Gasteiger partial charge on any atom is -0.364 e. The van der Waals surface area contributed by atoms with Crippen LogP contribution in [0.5, 0.6) is 0 Å². The summed E-state index contributed by atoms with van der Waals surface area (Å²) in [5, 5.41) is 10.4. The first kappa shape index (κ1) is 10.2. The van der Waals surface area contributed by atoms with E-state index in [1.807, 2.05) is 0 Å². The Balaban J connectivity index is 2.65. The number of nitrogens with zero attached hydrogens (tertiary/aromatic N) is 1. The second-order valence-electron chi connectivity index (χ2n) is 2.62. The van der Waals surface area contributed by atoms with Gasteiger partial charge in [-0.2, -0.15) is 0 Å². The summed E-state index contributed by atoms with van der Waals surface area (Å²) in [5.74, 6) is 2.32. The molecule has 4 nitrogen and oxygen atoms in total. The van der Waals surface area contributed by atoms with Crippen LogP contribution in [0, 0.1) is 22.5 Å². The van der Waals surface area contributed by atoms with E-state index in [2.05, 4.69) is 5.92 Å². The SMILES string of the molecule is C#CCOCc1cccc([N+](=O)[O-])c1. The van der Waals surface area contributed by atoms with E-state index in [1.54, 1.807) is 12.1 Å². The van der Waals surface area contributed by atoms with Crippen molar-refractivity contribution in [2.75, 3.05) is 6.61 Å². The van der Waals surface area contributed by atoms with E-state index in [1.165, 1.54) is 12.1 Å². The van der Waals surface area contributed by atoms with Crippen LogP contribution >= 0.6 is 0 Å². The molecule has 1 aromatic rings. The molecule has 0 aliphatic heterocycles. The van der Waals surface area contributed by atoms with Gasteiger partial charge < -0.3 is 4.74 Å². The van der Waals surface area contributed by atoms with Crippen molar-refractivity contribution in [3.63, 3.8) is 0 Å². The minimum atomic E-state index is -0.440.